The molecule has 1 fully saturated rings. The minimum Gasteiger partial charge on any atom is -0.340 e. The highest BCUT2D eigenvalue weighted by Gasteiger charge is 2.20. The second kappa shape index (κ2) is 11.2. The van der Waals surface area contributed by atoms with Gasteiger partial charge in [0, 0.05) is 39.1 Å². The smallest absolute Gasteiger partial charge is 0.222 e. The Morgan fingerprint density at radius 2 is 1.50 bits per heavy atom. The lowest BCUT2D eigenvalue weighted by molar-refractivity contribution is -0.133. The molecular weight excluding hydrogens is 296 g/mol. The van der Waals surface area contributed by atoms with Crippen LogP contribution in [0.3, 0.4) is 0 Å². The van der Waals surface area contributed by atoms with Gasteiger partial charge in [-0.05, 0) is 12.0 Å². The predicted molar refractivity (Wildman–Crippen MR) is 101 cm³/mol. The highest BCUT2D eigenvalue weighted by Crippen LogP contribution is 2.12. The van der Waals surface area contributed by atoms with Gasteiger partial charge in [0.05, 0.1) is 0 Å². The molecule has 1 saturated heterocycles. The van der Waals surface area contributed by atoms with Crippen LogP contribution in [-0.4, -0.2) is 41.9 Å². The molecule has 0 aromatic heterocycles. The maximum atomic E-state index is 12.3. The van der Waals surface area contributed by atoms with Gasteiger partial charge < -0.3 is 4.90 Å². The monoisotopic (exact) mass is 330 g/mol. The van der Waals surface area contributed by atoms with Gasteiger partial charge in [-0.3, -0.25) is 9.69 Å². The number of carbonyl (C=O) groups excluding carboxylic acids is 1. The molecule has 0 spiro atoms. The van der Waals surface area contributed by atoms with E-state index in [1.54, 1.807) is 0 Å². The molecule has 0 atom stereocenters. The Kier molecular flexibility index (Phi) is 8.90. The van der Waals surface area contributed by atoms with Crippen molar-refractivity contribution < 1.29 is 4.79 Å². The van der Waals surface area contributed by atoms with Crippen LogP contribution in [0.5, 0.6) is 0 Å². The van der Waals surface area contributed by atoms with E-state index in [0.717, 1.165) is 45.6 Å². The van der Waals surface area contributed by atoms with Crippen molar-refractivity contribution in [2.75, 3.05) is 26.2 Å². The lowest BCUT2D eigenvalue weighted by Crippen LogP contribution is -2.48. The topological polar surface area (TPSA) is 23.6 Å². The van der Waals surface area contributed by atoms with Crippen LogP contribution in [0.25, 0.3) is 0 Å². The summed E-state index contributed by atoms with van der Waals surface area (Å²) in [5.41, 5.74) is 1.36. The van der Waals surface area contributed by atoms with Crippen LogP contribution in [0.4, 0.5) is 0 Å². The summed E-state index contributed by atoms with van der Waals surface area (Å²) < 4.78 is 0. The average molecular weight is 331 g/mol. The molecule has 0 saturated carbocycles. The molecule has 1 heterocycles. The maximum Gasteiger partial charge on any atom is 0.222 e. The fourth-order valence-electron chi connectivity index (χ4n) is 3.39. The van der Waals surface area contributed by atoms with Crippen molar-refractivity contribution in [3.63, 3.8) is 0 Å². The van der Waals surface area contributed by atoms with Gasteiger partial charge in [0.15, 0.2) is 0 Å². The van der Waals surface area contributed by atoms with E-state index in [2.05, 4.69) is 47.1 Å². The summed E-state index contributed by atoms with van der Waals surface area (Å²) >= 11 is 0. The fourth-order valence-corrected chi connectivity index (χ4v) is 3.39. The number of hydrogen-bond donors (Lipinski definition) is 0. The summed E-state index contributed by atoms with van der Waals surface area (Å²) in [7, 11) is 0. The molecule has 2 rings (SSSR count). The van der Waals surface area contributed by atoms with Crippen LogP contribution in [0.2, 0.25) is 0 Å². The summed E-state index contributed by atoms with van der Waals surface area (Å²) in [6.45, 7) is 7.03. The SMILES string of the molecule is CCCCCCCCCC(=O)N1CCN(Cc2ccccc2)CC1. The van der Waals surface area contributed by atoms with Gasteiger partial charge in [0.1, 0.15) is 0 Å². The van der Waals surface area contributed by atoms with E-state index in [1.165, 1.54) is 44.1 Å². The summed E-state index contributed by atoms with van der Waals surface area (Å²) in [6, 6.07) is 10.6. The molecule has 1 aromatic carbocycles. The third-order valence-electron chi connectivity index (χ3n) is 4.97. The second-order valence-electron chi connectivity index (χ2n) is 7.01. The Morgan fingerprint density at radius 3 is 2.17 bits per heavy atom. The molecule has 3 nitrogen and oxygen atoms in total. The maximum absolute atomic E-state index is 12.3. The Balaban J connectivity index is 1.55. The third kappa shape index (κ3) is 7.04. The lowest BCUT2D eigenvalue weighted by atomic mass is 10.1. The van der Waals surface area contributed by atoms with E-state index < -0.39 is 0 Å². The van der Waals surface area contributed by atoms with Crippen LogP contribution in [0, 0.1) is 0 Å². The molecule has 1 aliphatic rings. The van der Waals surface area contributed by atoms with Crippen LogP contribution < -0.4 is 0 Å². The van der Waals surface area contributed by atoms with Crippen molar-refractivity contribution in [1.29, 1.82) is 0 Å². The zero-order chi connectivity index (χ0) is 17.0. The Hall–Kier alpha value is -1.35. The number of nitrogens with zero attached hydrogens (tertiary/aromatic N) is 2. The zero-order valence-corrected chi connectivity index (χ0v) is 15.4. The first kappa shape index (κ1) is 19.0. The number of hydrogen-bond acceptors (Lipinski definition) is 2. The Bertz CT molecular complexity index is 452. The molecule has 1 amide bonds. The first-order valence-electron chi connectivity index (χ1n) is 9.83. The number of piperazine rings is 1. The Labute approximate surface area is 148 Å². The normalized spacial score (nSPS) is 15.6. The van der Waals surface area contributed by atoms with E-state index in [9.17, 15) is 4.79 Å². The molecule has 0 radical (unpaired) electrons. The van der Waals surface area contributed by atoms with Crippen LogP contribution in [0.15, 0.2) is 30.3 Å². The van der Waals surface area contributed by atoms with E-state index in [0.29, 0.717) is 5.91 Å². The largest absolute Gasteiger partial charge is 0.340 e. The highest BCUT2D eigenvalue weighted by molar-refractivity contribution is 5.76. The van der Waals surface area contributed by atoms with Crippen LogP contribution in [-0.2, 0) is 11.3 Å². The van der Waals surface area contributed by atoms with E-state index in [4.69, 9.17) is 0 Å². The number of carbonyl (C=O) groups is 1. The van der Waals surface area contributed by atoms with Gasteiger partial charge in [0.25, 0.3) is 0 Å². The van der Waals surface area contributed by atoms with Gasteiger partial charge in [-0.1, -0.05) is 75.8 Å². The number of benzene rings is 1. The number of unbranched alkanes of at least 4 members (excludes halogenated alkanes) is 6. The highest BCUT2D eigenvalue weighted by atomic mass is 16.2. The van der Waals surface area contributed by atoms with Gasteiger partial charge >= 0.3 is 0 Å². The second-order valence-corrected chi connectivity index (χ2v) is 7.01. The zero-order valence-electron chi connectivity index (χ0n) is 15.4. The molecule has 0 aliphatic carbocycles. The van der Waals surface area contributed by atoms with Crippen LogP contribution >= 0.6 is 0 Å². The average Bonchev–Trinajstić information content (AvgIpc) is 2.62. The van der Waals surface area contributed by atoms with Crippen molar-refractivity contribution in [2.24, 2.45) is 0 Å². The van der Waals surface area contributed by atoms with E-state index >= 15 is 0 Å². The van der Waals surface area contributed by atoms with Crippen molar-refractivity contribution in [2.45, 2.75) is 64.8 Å². The summed E-state index contributed by atoms with van der Waals surface area (Å²) in [5.74, 6) is 0.364. The van der Waals surface area contributed by atoms with E-state index in [-0.39, 0.29) is 0 Å². The van der Waals surface area contributed by atoms with Crippen LogP contribution in [0.1, 0.15) is 63.9 Å². The minimum absolute atomic E-state index is 0.364. The van der Waals surface area contributed by atoms with E-state index in [1.807, 2.05) is 0 Å². The third-order valence-corrected chi connectivity index (χ3v) is 4.97. The Morgan fingerprint density at radius 1 is 0.875 bits per heavy atom. The molecule has 134 valence electrons. The van der Waals surface area contributed by atoms with Crippen molar-refractivity contribution in [1.82, 2.24) is 9.80 Å². The molecular formula is C21H34N2O. The fraction of sp³-hybridized carbons (Fsp3) is 0.667. The van der Waals surface area contributed by atoms with Crippen molar-refractivity contribution in [3.8, 4) is 0 Å². The lowest BCUT2D eigenvalue weighted by Gasteiger charge is -2.34. The quantitative estimate of drug-likeness (QED) is 0.591. The molecule has 1 aliphatic heterocycles. The van der Waals surface area contributed by atoms with Gasteiger partial charge in [-0.25, -0.2) is 0 Å². The number of amides is 1. The summed E-state index contributed by atoms with van der Waals surface area (Å²) in [6.07, 6.45) is 9.65. The van der Waals surface area contributed by atoms with Crippen molar-refractivity contribution in [3.05, 3.63) is 35.9 Å². The molecule has 0 unspecified atom stereocenters. The van der Waals surface area contributed by atoms with Gasteiger partial charge in [0.2, 0.25) is 5.91 Å². The molecule has 24 heavy (non-hydrogen) atoms. The summed E-state index contributed by atoms with van der Waals surface area (Å²) in [4.78, 5) is 16.8. The summed E-state index contributed by atoms with van der Waals surface area (Å²) in [5, 5.41) is 0. The molecule has 0 bridgehead atoms. The minimum atomic E-state index is 0.364. The number of rotatable bonds is 10. The molecule has 0 N–H and O–H groups in total. The van der Waals surface area contributed by atoms with Gasteiger partial charge in [-0.2, -0.15) is 0 Å². The molecule has 1 aromatic rings. The standard InChI is InChI=1S/C21H34N2O/c1-2-3-4-5-6-7-11-14-21(24)23-17-15-22(16-18-23)19-20-12-9-8-10-13-20/h8-10,12-13H,2-7,11,14-19H2,1H3. The first-order valence-corrected chi connectivity index (χ1v) is 9.83. The first-order chi connectivity index (χ1) is 11.8. The predicted octanol–water partition coefficient (Wildman–Crippen LogP) is 4.47. The van der Waals surface area contributed by atoms with Gasteiger partial charge in [-0.15, -0.1) is 0 Å². The van der Waals surface area contributed by atoms with Crippen molar-refractivity contribution >= 4 is 5.91 Å². The molecule has 3 heteroatoms.